The van der Waals surface area contributed by atoms with Gasteiger partial charge in [-0.15, -0.1) is 10.2 Å². The molecule has 1 aliphatic rings. The molecule has 1 N–H and O–H groups in total. The van der Waals surface area contributed by atoms with Crippen molar-refractivity contribution < 1.29 is 9.53 Å². The lowest BCUT2D eigenvalue weighted by Gasteiger charge is -2.22. The third kappa shape index (κ3) is 5.67. The van der Waals surface area contributed by atoms with E-state index in [9.17, 15) is 4.79 Å². The van der Waals surface area contributed by atoms with Crippen molar-refractivity contribution in [3.05, 3.63) is 66.0 Å². The Balaban J connectivity index is 1.47. The quantitative estimate of drug-likeness (QED) is 0.519. The molecule has 1 aromatic heterocycles. The highest BCUT2D eigenvalue weighted by Crippen LogP contribution is 2.24. The van der Waals surface area contributed by atoms with E-state index in [2.05, 4.69) is 15.5 Å². The van der Waals surface area contributed by atoms with Gasteiger partial charge in [-0.3, -0.25) is 9.36 Å². The average Bonchev–Trinajstić information content (AvgIpc) is 3.21. The van der Waals surface area contributed by atoms with Gasteiger partial charge in [0.25, 0.3) is 0 Å². The molecule has 1 heterocycles. The molecule has 1 fully saturated rings. The Kier molecular flexibility index (Phi) is 7.25. The van der Waals surface area contributed by atoms with E-state index < -0.39 is 0 Å². The summed E-state index contributed by atoms with van der Waals surface area (Å²) in [5, 5.41) is 12.6. The Bertz CT molecular complexity index is 1000. The predicted octanol–water partition coefficient (Wildman–Crippen LogP) is 4.70. The molecule has 0 bridgehead atoms. The zero-order chi connectivity index (χ0) is 21.5. The summed E-state index contributed by atoms with van der Waals surface area (Å²) in [6.45, 7) is 2.31. The van der Waals surface area contributed by atoms with Crippen molar-refractivity contribution in [2.45, 2.75) is 56.8 Å². The van der Waals surface area contributed by atoms with Crippen LogP contribution in [0.2, 0.25) is 0 Å². The molecule has 4 rings (SSSR count). The molecule has 6 nitrogen and oxygen atoms in total. The number of hydrogen-bond donors (Lipinski definition) is 1. The fourth-order valence-electron chi connectivity index (χ4n) is 3.83. The summed E-state index contributed by atoms with van der Waals surface area (Å²) in [6.07, 6.45) is 5.83. The highest BCUT2D eigenvalue weighted by atomic mass is 32.2. The topological polar surface area (TPSA) is 69.0 Å². The summed E-state index contributed by atoms with van der Waals surface area (Å²) in [5.74, 6) is 1.90. The SMILES string of the molecule is Cc1ccccc1OCc1nnc(SCC(=O)NC2CCCCC2)n1-c1ccccc1. The molecule has 1 saturated carbocycles. The molecule has 0 radical (unpaired) electrons. The van der Waals surface area contributed by atoms with Crippen molar-refractivity contribution in [1.29, 1.82) is 0 Å². The monoisotopic (exact) mass is 436 g/mol. The lowest BCUT2D eigenvalue weighted by Crippen LogP contribution is -2.37. The Labute approximate surface area is 187 Å². The van der Waals surface area contributed by atoms with E-state index in [1.165, 1.54) is 31.0 Å². The van der Waals surface area contributed by atoms with Crippen molar-refractivity contribution in [1.82, 2.24) is 20.1 Å². The number of rotatable bonds is 8. The number of carbonyl (C=O) groups is 1. The molecule has 1 amide bonds. The number of carbonyl (C=O) groups excluding carboxylic acids is 1. The highest BCUT2D eigenvalue weighted by Gasteiger charge is 2.19. The number of aromatic nitrogens is 3. The van der Waals surface area contributed by atoms with E-state index in [0.717, 1.165) is 29.8 Å². The van der Waals surface area contributed by atoms with Crippen LogP contribution in [-0.2, 0) is 11.4 Å². The maximum atomic E-state index is 12.5. The number of benzene rings is 2. The van der Waals surface area contributed by atoms with Crippen LogP contribution in [0.4, 0.5) is 0 Å². The molecular formula is C24H28N4O2S. The molecule has 1 aliphatic carbocycles. The second kappa shape index (κ2) is 10.5. The van der Waals surface area contributed by atoms with Gasteiger partial charge in [-0.05, 0) is 43.5 Å². The zero-order valence-electron chi connectivity index (χ0n) is 17.8. The van der Waals surface area contributed by atoms with E-state index in [1.807, 2.05) is 66.1 Å². The summed E-state index contributed by atoms with van der Waals surface area (Å²) in [6, 6.07) is 18.2. The van der Waals surface area contributed by atoms with Gasteiger partial charge in [0.2, 0.25) is 5.91 Å². The summed E-state index contributed by atoms with van der Waals surface area (Å²) in [4.78, 5) is 12.5. The van der Waals surface area contributed by atoms with Gasteiger partial charge in [-0.2, -0.15) is 0 Å². The summed E-state index contributed by atoms with van der Waals surface area (Å²) < 4.78 is 7.98. The second-order valence-electron chi connectivity index (χ2n) is 7.82. The molecule has 0 spiro atoms. The van der Waals surface area contributed by atoms with Crippen molar-refractivity contribution in [2.75, 3.05) is 5.75 Å². The minimum Gasteiger partial charge on any atom is -0.485 e. The predicted molar refractivity (Wildman–Crippen MR) is 123 cm³/mol. The third-order valence-electron chi connectivity index (χ3n) is 5.47. The summed E-state index contributed by atoms with van der Waals surface area (Å²) >= 11 is 1.41. The minimum absolute atomic E-state index is 0.0530. The fraction of sp³-hybridized carbons (Fsp3) is 0.375. The van der Waals surface area contributed by atoms with E-state index in [4.69, 9.17) is 4.74 Å². The van der Waals surface area contributed by atoms with Crippen LogP contribution in [0.5, 0.6) is 5.75 Å². The van der Waals surface area contributed by atoms with Crippen LogP contribution in [0.25, 0.3) is 5.69 Å². The number of nitrogens with one attached hydrogen (secondary N) is 1. The van der Waals surface area contributed by atoms with Crippen LogP contribution in [0.1, 0.15) is 43.5 Å². The maximum absolute atomic E-state index is 12.5. The van der Waals surface area contributed by atoms with Crippen molar-refractivity contribution >= 4 is 17.7 Å². The number of hydrogen-bond acceptors (Lipinski definition) is 5. The standard InChI is InChI=1S/C24H28N4O2S/c1-18-10-8-9-15-21(18)30-16-22-26-27-24(28(22)20-13-6-3-7-14-20)31-17-23(29)25-19-11-4-2-5-12-19/h3,6-10,13-15,19H,2,4-5,11-12,16-17H2,1H3,(H,25,29). The lowest BCUT2D eigenvalue weighted by molar-refractivity contribution is -0.119. The number of aryl methyl sites for hydroxylation is 1. The van der Waals surface area contributed by atoms with E-state index >= 15 is 0 Å². The van der Waals surface area contributed by atoms with E-state index in [1.54, 1.807) is 0 Å². The first kappa shape index (κ1) is 21.4. The normalized spacial score (nSPS) is 14.4. The molecule has 31 heavy (non-hydrogen) atoms. The van der Waals surface area contributed by atoms with Gasteiger partial charge in [0.1, 0.15) is 12.4 Å². The van der Waals surface area contributed by atoms with Crippen LogP contribution in [0, 0.1) is 6.92 Å². The lowest BCUT2D eigenvalue weighted by atomic mass is 9.95. The molecule has 2 aromatic carbocycles. The molecular weight excluding hydrogens is 408 g/mol. The molecule has 0 saturated heterocycles. The minimum atomic E-state index is 0.0530. The fourth-order valence-corrected chi connectivity index (χ4v) is 4.61. The molecule has 0 unspecified atom stereocenters. The van der Waals surface area contributed by atoms with Gasteiger partial charge in [0.05, 0.1) is 5.75 Å². The Morgan fingerprint density at radius 2 is 1.81 bits per heavy atom. The largest absolute Gasteiger partial charge is 0.485 e. The maximum Gasteiger partial charge on any atom is 0.230 e. The summed E-state index contributed by atoms with van der Waals surface area (Å²) in [5.41, 5.74) is 2.02. The molecule has 0 aliphatic heterocycles. The first-order chi connectivity index (χ1) is 15.2. The zero-order valence-corrected chi connectivity index (χ0v) is 18.6. The van der Waals surface area contributed by atoms with Gasteiger partial charge in [0.15, 0.2) is 11.0 Å². The van der Waals surface area contributed by atoms with Crippen molar-refractivity contribution in [2.24, 2.45) is 0 Å². The van der Waals surface area contributed by atoms with Gasteiger partial charge >= 0.3 is 0 Å². The van der Waals surface area contributed by atoms with Crippen LogP contribution in [-0.4, -0.2) is 32.5 Å². The second-order valence-corrected chi connectivity index (χ2v) is 8.76. The number of thioether (sulfide) groups is 1. The Morgan fingerprint density at radius 1 is 1.06 bits per heavy atom. The Morgan fingerprint density at radius 3 is 2.58 bits per heavy atom. The first-order valence-electron chi connectivity index (χ1n) is 10.8. The molecule has 0 atom stereocenters. The van der Waals surface area contributed by atoms with E-state index in [0.29, 0.717) is 29.4 Å². The molecule has 7 heteroatoms. The van der Waals surface area contributed by atoms with E-state index in [-0.39, 0.29) is 5.91 Å². The Hall–Kier alpha value is -2.80. The molecule has 3 aromatic rings. The van der Waals surface area contributed by atoms with Gasteiger partial charge in [0, 0.05) is 11.7 Å². The average molecular weight is 437 g/mol. The van der Waals surface area contributed by atoms with Crippen molar-refractivity contribution in [3.8, 4) is 11.4 Å². The van der Waals surface area contributed by atoms with Crippen molar-refractivity contribution in [3.63, 3.8) is 0 Å². The molecule has 162 valence electrons. The van der Waals surface area contributed by atoms with Gasteiger partial charge < -0.3 is 10.1 Å². The summed E-state index contributed by atoms with van der Waals surface area (Å²) in [7, 11) is 0. The van der Waals surface area contributed by atoms with Gasteiger partial charge in [-0.25, -0.2) is 0 Å². The third-order valence-corrected chi connectivity index (χ3v) is 6.40. The van der Waals surface area contributed by atoms with Crippen LogP contribution in [0.15, 0.2) is 59.8 Å². The number of nitrogens with zero attached hydrogens (tertiary/aromatic N) is 3. The van der Waals surface area contributed by atoms with Crippen LogP contribution < -0.4 is 10.1 Å². The number of amides is 1. The smallest absolute Gasteiger partial charge is 0.230 e. The highest BCUT2D eigenvalue weighted by molar-refractivity contribution is 7.99. The van der Waals surface area contributed by atoms with Gasteiger partial charge in [-0.1, -0.05) is 67.4 Å². The number of para-hydroxylation sites is 2. The first-order valence-corrected chi connectivity index (χ1v) is 11.8. The number of ether oxygens (including phenoxy) is 1. The van der Waals surface area contributed by atoms with Crippen LogP contribution in [0.3, 0.4) is 0 Å². The van der Waals surface area contributed by atoms with Crippen LogP contribution >= 0.6 is 11.8 Å².